The van der Waals surface area contributed by atoms with Gasteiger partial charge in [-0.1, -0.05) is 0 Å². The van der Waals surface area contributed by atoms with Crippen LogP contribution in [0, 0.1) is 6.92 Å². The lowest BCUT2D eigenvalue weighted by Gasteiger charge is -2.04. The maximum Gasteiger partial charge on any atom is 0.268 e. The molecule has 0 aliphatic heterocycles. The summed E-state index contributed by atoms with van der Waals surface area (Å²) in [6.45, 7) is 1.63. The molecule has 0 amide bonds. The number of rotatable bonds is 3. The lowest BCUT2D eigenvalue weighted by atomic mass is 10.3. The minimum absolute atomic E-state index is 0.0851. The zero-order valence-corrected chi connectivity index (χ0v) is 10.6. The molecule has 2 rings (SSSR count). The number of carbonyl (C=O) groups is 1. The van der Waals surface area contributed by atoms with E-state index in [2.05, 4.69) is 20.9 Å². The van der Waals surface area contributed by atoms with Gasteiger partial charge in [0.25, 0.3) is 5.56 Å². The Morgan fingerprint density at radius 3 is 3.00 bits per heavy atom. The van der Waals surface area contributed by atoms with Crippen molar-refractivity contribution in [2.45, 2.75) is 13.5 Å². The van der Waals surface area contributed by atoms with Crippen molar-refractivity contribution < 1.29 is 9.21 Å². The zero-order valence-electron chi connectivity index (χ0n) is 9.01. The van der Waals surface area contributed by atoms with Crippen LogP contribution in [0.4, 0.5) is 0 Å². The Kier molecular flexibility index (Phi) is 3.23. The van der Waals surface area contributed by atoms with E-state index in [1.54, 1.807) is 19.1 Å². The summed E-state index contributed by atoms with van der Waals surface area (Å²) in [5.74, 6) is -0.0387. The Morgan fingerprint density at radius 1 is 1.59 bits per heavy atom. The summed E-state index contributed by atoms with van der Waals surface area (Å²) >= 11 is 3.14. The van der Waals surface area contributed by atoms with E-state index in [9.17, 15) is 9.59 Å². The van der Waals surface area contributed by atoms with Gasteiger partial charge < -0.3 is 4.42 Å². The third-order valence-electron chi connectivity index (χ3n) is 2.27. The lowest BCUT2D eigenvalue weighted by Crippen LogP contribution is -2.25. The Hall–Kier alpha value is -1.69. The number of Topliss-reactive ketones (excluding diaryl/α,β-unsaturated/α-hetero) is 1. The van der Waals surface area contributed by atoms with Crippen molar-refractivity contribution in [2.24, 2.45) is 0 Å². The molecule has 0 aliphatic rings. The Bertz CT molecular complexity index is 602. The van der Waals surface area contributed by atoms with Gasteiger partial charge in [-0.15, -0.1) is 0 Å². The first-order chi connectivity index (χ1) is 8.09. The fraction of sp³-hybridized carbons (Fsp3) is 0.182. The van der Waals surface area contributed by atoms with Crippen LogP contribution in [-0.2, 0) is 6.54 Å². The predicted octanol–water partition coefficient (Wildman–Crippen LogP) is 1.79. The highest BCUT2D eigenvalue weighted by molar-refractivity contribution is 9.10. The van der Waals surface area contributed by atoms with Crippen LogP contribution in [0.2, 0.25) is 0 Å². The van der Waals surface area contributed by atoms with E-state index in [1.807, 2.05) is 0 Å². The van der Waals surface area contributed by atoms with Crippen LogP contribution >= 0.6 is 15.9 Å². The molecule has 0 saturated heterocycles. The summed E-state index contributed by atoms with van der Waals surface area (Å²) in [7, 11) is 0. The van der Waals surface area contributed by atoms with Gasteiger partial charge in [-0.3, -0.25) is 14.2 Å². The largest absolute Gasteiger partial charge is 0.461 e. The maximum atomic E-state index is 11.8. The molecule has 0 bridgehead atoms. The molecule has 0 fully saturated rings. The van der Waals surface area contributed by atoms with Gasteiger partial charge in [-0.25, -0.2) is 4.98 Å². The molecular weight excluding hydrogens is 288 g/mol. The third-order valence-corrected chi connectivity index (χ3v) is 3.18. The van der Waals surface area contributed by atoms with Gasteiger partial charge in [0.05, 0.1) is 24.8 Å². The predicted molar refractivity (Wildman–Crippen MR) is 64.0 cm³/mol. The minimum atomic E-state index is -0.280. The summed E-state index contributed by atoms with van der Waals surface area (Å²) in [6, 6.07) is 3.18. The monoisotopic (exact) mass is 296 g/mol. The number of furan rings is 1. The molecule has 0 spiro atoms. The smallest absolute Gasteiger partial charge is 0.268 e. The first-order valence-corrected chi connectivity index (χ1v) is 5.67. The van der Waals surface area contributed by atoms with Crippen LogP contribution in [0.3, 0.4) is 0 Å². The fourth-order valence-electron chi connectivity index (χ4n) is 1.33. The van der Waals surface area contributed by atoms with Gasteiger partial charge >= 0.3 is 0 Å². The van der Waals surface area contributed by atoms with Crippen molar-refractivity contribution in [3.8, 4) is 0 Å². The average molecular weight is 297 g/mol. The standard InChI is InChI=1S/C11H9BrN2O3/c1-7-10(12)11(16)14(6-13-7)5-8(15)9-3-2-4-17-9/h2-4,6H,5H2,1H3. The highest BCUT2D eigenvalue weighted by atomic mass is 79.9. The molecule has 88 valence electrons. The van der Waals surface area contributed by atoms with Crippen LogP contribution in [0.15, 0.2) is 38.4 Å². The molecule has 0 aliphatic carbocycles. The third kappa shape index (κ3) is 2.36. The molecule has 6 heteroatoms. The molecule has 2 aromatic rings. The Morgan fingerprint density at radius 2 is 2.35 bits per heavy atom. The molecule has 0 radical (unpaired) electrons. The summed E-state index contributed by atoms with van der Waals surface area (Å²) in [6.07, 6.45) is 2.77. The number of hydrogen-bond acceptors (Lipinski definition) is 4. The van der Waals surface area contributed by atoms with Crippen LogP contribution in [-0.4, -0.2) is 15.3 Å². The second-order valence-corrected chi connectivity index (χ2v) is 4.27. The van der Waals surface area contributed by atoms with Gasteiger partial charge in [0, 0.05) is 0 Å². The summed E-state index contributed by atoms with van der Waals surface area (Å²) < 4.78 is 6.57. The zero-order chi connectivity index (χ0) is 12.4. The van der Waals surface area contributed by atoms with Crippen LogP contribution < -0.4 is 5.56 Å². The fourth-order valence-corrected chi connectivity index (χ4v) is 1.66. The van der Waals surface area contributed by atoms with Gasteiger partial charge in [-0.05, 0) is 35.0 Å². The van der Waals surface area contributed by atoms with E-state index in [1.165, 1.54) is 17.2 Å². The highest BCUT2D eigenvalue weighted by Crippen LogP contribution is 2.07. The summed E-state index contributed by atoms with van der Waals surface area (Å²) in [4.78, 5) is 27.5. The number of nitrogens with zero attached hydrogens (tertiary/aromatic N) is 2. The van der Waals surface area contributed by atoms with E-state index < -0.39 is 0 Å². The van der Waals surface area contributed by atoms with E-state index in [-0.39, 0.29) is 23.6 Å². The van der Waals surface area contributed by atoms with Crippen molar-refractivity contribution in [3.63, 3.8) is 0 Å². The molecule has 17 heavy (non-hydrogen) atoms. The van der Waals surface area contributed by atoms with Gasteiger partial charge in [-0.2, -0.15) is 0 Å². The average Bonchev–Trinajstić information content (AvgIpc) is 2.83. The quantitative estimate of drug-likeness (QED) is 0.810. The van der Waals surface area contributed by atoms with Gasteiger partial charge in [0.2, 0.25) is 5.78 Å². The molecular formula is C11H9BrN2O3. The molecule has 0 atom stereocenters. The number of aromatic nitrogens is 2. The van der Waals surface area contributed by atoms with Crippen LogP contribution in [0.1, 0.15) is 16.2 Å². The van der Waals surface area contributed by atoms with Gasteiger partial charge in [0.15, 0.2) is 5.76 Å². The van der Waals surface area contributed by atoms with Crippen LogP contribution in [0.5, 0.6) is 0 Å². The first-order valence-electron chi connectivity index (χ1n) is 4.88. The van der Waals surface area contributed by atoms with E-state index in [0.717, 1.165) is 0 Å². The van der Waals surface area contributed by atoms with Crippen molar-refractivity contribution in [1.82, 2.24) is 9.55 Å². The summed E-state index contributed by atoms with van der Waals surface area (Å²) in [5.41, 5.74) is 0.314. The normalized spacial score (nSPS) is 10.5. The lowest BCUT2D eigenvalue weighted by molar-refractivity contribution is 0.0943. The SMILES string of the molecule is Cc1ncn(CC(=O)c2ccco2)c(=O)c1Br. The van der Waals surface area contributed by atoms with Crippen LogP contribution in [0.25, 0.3) is 0 Å². The molecule has 0 N–H and O–H groups in total. The molecule has 0 aromatic carbocycles. The minimum Gasteiger partial charge on any atom is -0.461 e. The Labute approximate surface area is 105 Å². The molecule has 0 saturated carbocycles. The number of halogens is 1. The van der Waals surface area contributed by atoms with Crippen molar-refractivity contribution >= 4 is 21.7 Å². The molecule has 2 aromatic heterocycles. The second-order valence-electron chi connectivity index (χ2n) is 3.48. The number of hydrogen-bond donors (Lipinski definition) is 0. The number of ketones is 1. The molecule has 0 unspecified atom stereocenters. The van der Waals surface area contributed by atoms with E-state index >= 15 is 0 Å². The molecule has 5 nitrogen and oxygen atoms in total. The number of carbonyl (C=O) groups excluding carboxylic acids is 1. The topological polar surface area (TPSA) is 65.1 Å². The maximum absolute atomic E-state index is 11.8. The van der Waals surface area contributed by atoms with Crippen molar-refractivity contribution in [3.05, 3.63) is 51.0 Å². The van der Waals surface area contributed by atoms with E-state index in [4.69, 9.17) is 4.42 Å². The first kappa shape index (κ1) is 11.8. The van der Waals surface area contributed by atoms with E-state index in [0.29, 0.717) is 10.2 Å². The van der Waals surface area contributed by atoms with Crippen molar-refractivity contribution in [2.75, 3.05) is 0 Å². The number of aryl methyl sites for hydroxylation is 1. The van der Waals surface area contributed by atoms with Crippen molar-refractivity contribution in [1.29, 1.82) is 0 Å². The second kappa shape index (κ2) is 4.67. The Balaban J connectivity index is 2.29. The molecule has 2 heterocycles. The highest BCUT2D eigenvalue weighted by Gasteiger charge is 2.12. The summed E-state index contributed by atoms with van der Waals surface area (Å²) in [5, 5.41) is 0. The van der Waals surface area contributed by atoms with Gasteiger partial charge in [0.1, 0.15) is 4.47 Å².